The lowest BCUT2D eigenvalue weighted by Crippen LogP contribution is -2.16. The number of ether oxygens (including phenoxy) is 1. The highest BCUT2D eigenvalue weighted by Crippen LogP contribution is 2.18. The van der Waals surface area contributed by atoms with Crippen LogP contribution < -0.4 is 15.4 Å². The van der Waals surface area contributed by atoms with Crippen LogP contribution in [0.1, 0.15) is 27.3 Å². The van der Waals surface area contributed by atoms with Crippen LogP contribution in [0.25, 0.3) is 0 Å². The van der Waals surface area contributed by atoms with Crippen molar-refractivity contribution < 1.29 is 9.53 Å². The minimum atomic E-state index is -0.374. The van der Waals surface area contributed by atoms with Gasteiger partial charge in [0.1, 0.15) is 11.4 Å². The first-order chi connectivity index (χ1) is 13.6. The van der Waals surface area contributed by atoms with Gasteiger partial charge in [-0.15, -0.1) is 0 Å². The predicted molar refractivity (Wildman–Crippen MR) is 106 cm³/mol. The van der Waals surface area contributed by atoms with Crippen molar-refractivity contribution in [2.45, 2.75) is 13.5 Å². The Morgan fingerprint density at radius 3 is 2.75 bits per heavy atom. The van der Waals surface area contributed by atoms with Crippen molar-refractivity contribution in [3.8, 4) is 11.8 Å². The van der Waals surface area contributed by atoms with Crippen LogP contribution in [0.2, 0.25) is 0 Å². The normalized spacial score (nSPS) is 10.0. The second-order valence-corrected chi connectivity index (χ2v) is 6.03. The Morgan fingerprint density at radius 2 is 1.96 bits per heavy atom. The minimum absolute atomic E-state index is 0.234. The fourth-order valence-electron chi connectivity index (χ4n) is 2.65. The number of rotatable bonds is 6. The lowest BCUT2D eigenvalue weighted by molar-refractivity contribution is 0.102. The summed E-state index contributed by atoms with van der Waals surface area (Å²) in [4.78, 5) is 21.2. The zero-order valence-corrected chi connectivity index (χ0v) is 15.6. The van der Waals surface area contributed by atoms with Crippen molar-refractivity contribution in [3.05, 3.63) is 77.1 Å². The van der Waals surface area contributed by atoms with Gasteiger partial charge in [-0.25, -0.2) is 9.97 Å². The molecule has 0 saturated heterocycles. The van der Waals surface area contributed by atoms with E-state index >= 15 is 0 Å². The molecule has 2 aromatic carbocycles. The highest BCUT2D eigenvalue weighted by Gasteiger charge is 2.12. The number of aromatic nitrogens is 2. The van der Waals surface area contributed by atoms with Gasteiger partial charge in [-0.1, -0.05) is 24.3 Å². The summed E-state index contributed by atoms with van der Waals surface area (Å²) in [5.74, 6) is 0.737. The first-order valence-electron chi connectivity index (χ1n) is 8.62. The maximum Gasteiger partial charge on any atom is 0.274 e. The summed E-state index contributed by atoms with van der Waals surface area (Å²) in [6.07, 6.45) is 0. The summed E-state index contributed by atoms with van der Waals surface area (Å²) in [7, 11) is 1.62. The molecule has 140 valence electrons. The number of methoxy groups -OCH3 is 1. The average molecular weight is 373 g/mol. The quantitative estimate of drug-likeness (QED) is 0.686. The van der Waals surface area contributed by atoms with Gasteiger partial charge in [0.2, 0.25) is 5.95 Å². The van der Waals surface area contributed by atoms with Gasteiger partial charge in [-0.05, 0) is 37.3 Å². The largest absolute Gasteiger partial charge is 0.496 e. The third-order valence-electron chi connectivity index (χ3n) is 3.97. The summed E-state index contributed by atoms with van der Waals surface area (Å²) >= 11 is 0. The lowest BCUT2D eigenvalue weighted by Gasteiger charge is -2.11. The molecule has 0 fully saturated rings. The van der Waals surface area contributed by atoms with Crippen molar-refractivity contribution in [3.63, 3.8) is 0 Å². The molecule has 3 aromatic rings. The molecule has 3 rings (SSSR count). The SMILES string of the molecule is COc1ccccc1CNc1nc(C)cc(C(=O)Nc2cccc(C#N)c2)n1. The number of amides is 1. The molecule has 2 N–H and O–H groups in total. The van der Waals surface area contributed by atoms with Crippen molar-refractivity contribution >= 4 is 17.5 Å². The number of hydrogen-bond acceptors (Lipinski definition) is 6. The number of hydrogen-bond donors (Lipinski definition) is 2. The Kier molecular flexibility index (Phi) is 5.82. The van der Waals surface area contributed by atoms with Gasteiger partial charge in [0, 0.05) is 23.5 Å². The lowest BCUT2D eigenvalue weighted by atomic mass is 10.2. The molecule has 0 saturated carbocycles. The number of anilines is 2. The maximum absolute atomic E-state index is 12.6. The number of carbonyl (C=O) groups excluding carboxylic acids is 1. The van der Waals surface area contributed by atoms with Crippen molar-refractivity contribution in [2.75, 3.05) is 17.7 Å². The average Bonchev–Trinajstić information content (AvgIpc) is 2.72. The maximum atomic E-state index is 12.6. The Labute approximate surface area is 163 Å². The van der Waals surface area contributed by atoms with E-state index in [1.807, 2.05) is 30.3 Å². The second-order valence-electron chi connectivity index (χ2n) is 6.03. The number of carbonyl (C=O) groups is 1. The van der Waals surface area contributed by atoms with Gasteiger partial charge in [0.05, 0.1) is 18.7 Å². The van der Waals surface area contributed by atoms with Crippen LogP contribution in [-0.2, 0) is 6.54 Å². The van der Waals surface area contributed by atoms with Crippen molar-refractivity contribution in [2.24, 2.45) is 0 Å². The third-order valence-corrected chi connectivity index (χ3v) is 3.97. The van der Waals surface area contributed by atoms with E-state index in [0.29, 0.717) is 29.4 Å². The summed E-state index contributed by atoms with van der Waals surface area (Å²) in [5, 5.41) is 14.9. The molecule has 1 heterocycles. The number of aryl methyl sites for hydroxylation is 1. The Balaban J connectivity index is 1.75. The van der Waals surface area contributed by atoms with Gasteiger partial charge in [0.15, 0.2) is 0 Å². The molecule has 0 radical (unpaired) electrons. The van der Waals surface area contributed by atoms with E-state index in [1.54, 1.807) is 44.4 Å². The molecule has 0 aliphatic rings. The van der Waals surface area contributed by atoms with E-state index < -0.39 is 0 Å². The molecule has 1 aromatic heterocycles. The molecule has 0 atom stereocenters. The van der Waals surface area contributed by atoms with E-state index in [2.05, 4.69) is 20.6 Å². The summed E-state index contributed by atoms with van der Waals surface area (Å²) in [5.41, 5.74) is 2.85. The third kappa shape index (κ3) is 4.62. The van der Waals surface area contributed by atoms with Gasteiger partial charge >= 0.3 is 0 Å². The molecule has 0 unspecified atom stereocenters. The van der Waals surface area contributed by atoms with Crippen molar-refractivity contribution in [1.82, 2.24) is 9.97 Å². The summed E-state index contributed by atoms with van der Waals surface area (Å²) in [6, 6.07) is 18.0. The number of para-hydroxylation sites is 1. The summed E-state index contributed by atoms with van der Waals surface area (Å²) < 4.78 is 5.34. The van der Waals surface area contributed by atoms with Gasteiger partial charge < -0.3 is 15.4 Å². The molecule has 7 nitrogen and oxygen atoms in total. The Hall–Kier alpha value is -3.92. The topological polar surface area (TPSA) is 99.9 Å². The Bertz CT molecular complexity index is 1040. The number of benzene rings is 2. The van der Waals surface area contributed by atoms with E-state index in [1.165, 1.54) is 0 Å². The molecule has 0 aliphatic heterocycles. The van der Waals surface area contributed by atoms with Gasteiger partial charge in [0.25, 0.3) is 5.91 Å². The van der Waals surface area contributed by atoms with Crippen LogP contribution in [0.4, 0.5) is 11.6 Å². The molecule has 0 aliphatic carbocycles. The zero-order valence-electron chi connectivity index (χ0n) is 15.6. The monoisotopic (exact) mass is 373 g/mol. The highest BCUT2D eigenvalue weighted by atomic mass is 16.5. The first-order valence-corrected chi connectivity index (χ1v) is 8.62. The standard InChI is InChI=1S/C21H19N5O2/c1-14-10-18(20(27)25-17-8-5-6-15(11-17)12-22)26-21(24-14)23-13-16-7-3-4-9-19(16)28-2/h3-11H,13H2,1-2H3,(H,25,27)(H,23,24,26). The smallest absolute Gasteiger partial charge is 0.274 e. The van der Waals surface area contributed by atoms with Crippen molar-refractivity contribution in [1.29, 1.82) is 5.26 Å². The number of nitrogens with one attached hydrogen (secondary N) is 2. The molecule has 28 heavy (non-hydrogen) atoms. The number of nitrogens with zero attached hydrogens (tertiary/aromatic N) is 3. The van der Waals surface area contributed by atoms with Crippen LogP contribution in [0.15, 0.2) is 54.6 Å². The van der Waals surface area contributed by atoms with E-state index in [4.69, 9.17) is 10.00 Å². The molecular weight excluding hydrogens is 354 g/mol. The zero-order chi connectivity index (χ0) is 19.9. The first kappa shape index (κ1) is 18.9. The van der Waals surface area contributed by atoms with Crippen LogP contribution in [0.5, 0.6) is 5.75 Å². The second kappa shape index (κ2) is 8.64. The molecule has 7 heteroatoms. The van der Waals surface area contributed by atoms with Crippen LogP contribution >= 0.6 is 0 Å². The molecular formula is C21H19N5O2. The van der Waals surface area contributed by atoms with Crippen LogP contribution in [0.3, 0.4) is 0 Å². The van der Waals surface area contributed by atoms with Crippen LogP contribution in [-0.4, -0.2) is 23.0 Å². The Morgan fingerprint density at radius 1 is 1.14 bits per heavy atom. The minimum Gasteiger partial charge on any atom is -0.496 e. The highest BCUT2D eigenvalue weighted by molar-refractivity contribution is 6.03. The van der Waals surface area contributed by atoms with Crippen LogP contribution in [0, 0.1) is 18.3 Å². The molecule has 0 bridgehead atoms. The van der Waals surface area contributed by atoms with Gasteiger partial charge in [-0.3, -0.25) is 4.79 Å². The van der Waals surface area contributed by atoms with Gasteiger partial charge in [-0.2, -0.15) is 5.26 Å². The van der Waals surface area contributed by atoms with E-state index in [0.717, 1.165) is 11.3 Å². The van der Waals surface area contributed by atoms with E-state index in [-0.39, 0.29) is 11.6 Å². The fourth-order valence-corrected chi connectivity index (χ4v) is 2.65. The molecule has 1 amide bonds. The number of nitriles is 1. The van der Waals surface area contributed by atoms with E-state index in [9.17, 15) is 4.79 Å². The fraction of sp³-hybridized carbons (Fsp3) is 0.143. The molecule has 0 spiro atoms. The summed E-state index contributed by atoms with van der Waals surface area (Å²) in [6.45, 7) is 2.25. The predicted octanol–water partition coefficient (Wildman–Crippen LogP) is 3.53.